The fraction of sp³-hybridized carbons (Fsp3) is 0. The van der Waals surface area contributed by atoms with Gasteiger partial charge in [-0.3, -0.25) is 0 Å². The predicted octanol–water partition coefficient (Wildman–Crippen LogP) is 7.27. The highest BCUT2D eigenvalue weighted by molar-refractivity contribution is 6.12. The maximum Gasteiger partial charge on any atom is 0.227 e. The molecule has 0 amide bonds. The minimum atomic E-state index is 0.648. The molecule has 33 heavy (non-hydrogen) atoms. The molecule has 0 saturated heterocycles. The van der Waals surface area contributed by atoms with Crippen LogP contribution in [-0.2, 0) is 0 Å². The van der Waals surface area contributed by atoms with Gasteiger partial charge >= 0.3 is 0 Å². The fourth-order valence-corrected chi connectivity index (χ4v) is 4.38. The third-order valence-electron chi connectivity index (χ3n) is 5.95. The van der Waals surface area contributed by atoms with E-state index in [9.17, 15) is 0 Å². The van der Waals surface area contributed by atoms with Crippen LogP contribution in [0.2, 0.25) is 0 Å². The summed E-state index contributed by atoms with van der Waals surface area (Å²) < 4.78 is 14.1. The second-order valence-corrected chi connectivity index (χ2v) is 8.01. The number of hydrogen-bond donors (Lipinski definition) is 0. The summed E-state index contributed by atoms with van der Waals surface area (Å²) in [5.74, 6) is 1.49. The molecule has 0 saturated carbocycles. The molecule has 0 aliphatic heterocycles. The lowest BCUT2D eigenvalue weighted by Gasteiger charge is -2.10. The van der Waals surface area contributed by atoms with Crippen LogP contribution in [-0.4, -0.2) is 14.8 Å². The molecule has 0 N–H and O–H groups in total. The van der Waals surface area contributed by atoms with Gasteiger partial charge in [0.15, 0.2) is 0 Å². The lowest BCUT2D eigenvalue weighted by atomic mass is 10.0. The van der Waals surface area contributed by atoms with E-state index in [1.165, 1.54) is 0 Å². The lowest BCUT2D eigenvalue weighted by Crippen LogP contribution is -1.94. The first-order chi connectivity index (χ1) is 16.3. The first kappa shape index (κ1) is 18.0. The fourth-order valence-electron chi connectivity index (χ4n) is 4.38. The van der Waals surface area contributed by atoms with E-state index in [1.807, 2.05) is 71.5 Å². The summed E-state index contributed by atoms with van der Waals surface area (Å²) >= 11 is 0. The molecule has 0 unspecified atom stereocenters. The number of pyridine rings is 1. The summed E-state index contributed by atoms with van der Waals surface area (Å²) in [6.07, 6.45) is 3.67. The van der Waals surface area contributed by atoms with Crippen LogP contribution in [0.5, 0.6) is 11.5 Å². The van der Waals surface area contributed by atoms with Crippen LogP contribution in [0, 0.1) is 0 Å². The topological polar surface area (TPSA) is 53.1 Å². The van der Waals surface area contributed by atoms with Gasteiger partial charge in [-0.25, -0.2) is 9.67 Å². The zero-order valence-electron chi connectivity index (χ0n) is 17.5. The Kier molecular flexibility index (Phi) is 3.78. The number of hydrogen-bond acceptors (Lipinski definition) is 4. The van der Waals surface area contributed by atoms with Crippen molar-refractivity contribution in [1.29, 1.82) is 0 Å². The van der Waals surface area contributed by atoms with Gasteiger partial charge in [-0.2, -0.15) is 5.10 Å². The van der Waals surface area contributed by atoms with Crippen molar-refractivity contribution in [2.45, 2.75) is 0 Å². The summed E-state index contributed by atoms with van der Waals surface area (Å²) in [6.45, 7) is 0. The van der Waals surface area contributed by atoms with Crippen molar-refractivity contribution in [3.05, 3.63) is 103 Å². The Hall–Kier alpha value is -4.64. The second-order valence-electron chi connectivity index (χ2n) is 8.01. The summed E-state index contributed by atoms with van der Waals surface area (Å²) in [5.41, 5.74) is 3.34. The molecule has 4 aromatic carbocycles. The Balaban J connectivity index is 1.36. The van der Waals surface area contributed by atoms with Gasteiger partial charge in [0, 0.05) is 40.0 Å². The van der Waals surface area contributed by atoms with Crippen molar-refractivity contribution in [3.63, 3.8) is 0 Å². The van der Waals surface area contributed by atoms with Crippen LogP contribution in [0.4, 0.5) is 0 Å². The Bertz CT molecular complexity index is 1800. The monoisotopic (exact) mass is 427 g/mol. The number of furan rings is 1. The van der Waals surface area contributed by atoms with Gasteiger partial charge in [-0.15, -0.1) is 0 Å². The van der Waals surface area contributed by atoms with E-state index in [1.54, 1.807) is 6.20 Å². The largest absolute Gasteiger partial charge is 0.457 e. The van der Waals surface area contributed by atoms with Gasteiger partial charge in [-0.05, 0) is 47.9 Å². The summed E-state index contributed by atoms with van der Waals surface area (Å²) in [6, 6.07) is 30.3. The Morgan fingerprint density at radius 1 is 0.697 bits per heavy atom. The number of nitrogens with zero attached hydrogens (tertiary/aromatic N) is 3. The van der Waals surface area contributed by atoms with Crippen molar-refractivity contribution in [2.24, 2.45) is 0 Å². The maximum atomic E-state index is 6.22. The number of benzene rings is 4. The van der Waals surface area contributed by atoms with Crippen molar-refractivity contribution in [1.82, 2.24) is 14.8 Å². The van der Waals surface area contributed by atoms with Crippen LogP contribution in [0.15, 0.2) is 108 Å². The first-order valence-electron chi connectivity index (χ1n) is 10.7. The van der Waals surface area contributed by atoms with Crippen LogP contribution in [0.1, 0.15) is 0 Å². The minimum Gasteiger partial charge on any atom is -0.457 e. The number of para-hydroxylation sites is 1. The highest BCUT2D eigenvalue weighted by Gasteiger charge is 2.12. The molecule has 3 heterocycles. The normalized spacial score (nSPS) is 11.6. The van der Waals surface area contributed by atoms with Crippen molar-refractivity contribution < 1.29 is 9.15 Å². The standard InChI is InChI=1S/C28H17N3O2/c1-2-8-26-23(7-1)25-15-19-10-9-18-11-12-22(17-24(18)27(19)30-28(25)33-26)32-21-6-3-5-20(16-21)31-14-4-13-29-31/h1-17H. The third kappa shape index (κ3) is 2.94. The molecule has 0 aliphatic rings. The van der Waals surface area contributed by atoms with Gasteiger partial charge in [0.1, 0.15) is 17.1 Å². The molecular weight excluding hydrogens is 410 g/mol. The van der Waals surface area contributed by atoms with E-state index in [0.29, 0.717) is 5.71 Å². The molecule has 0 atom stereocenters. The second kappa shape index (κ2) is 6.93. The smallest absolute Gasteiger partial charge is 0.227 e. The van der Waals surface area contributed by atoms with Crippen LogP contribution >= 0.6 is 0 Å². The van der Waals surface area contributed by atoms with Crippen LogP contribution in [0.25, 0.3) is 49.4 Å². The van der Waals surface area contributed by atoms with E-state index in [4.69, 9.17) is 14.1 Å². The summed E-state index contributed by atoms with van der Waals surface area (Å²) in [7, 11) is 0. The van der Waals surface area contributed by atoms with Crippen molar-refractivity contribution in [3.8, 4) is 17.2 Å². The Labute approximate surface area is 188 Å². The van der Waals surface area contributed by atoms with Gasteiger partial charge in [-0.1, -0.05) is 42.5 Å². The van der Waals surface area contributed by atoms with Crippen LogP contribution < -0.4 is 4.74 Å². The van der Waals surface area contributed by atoms with Gasteiger partial charge in [0.05, 0.1) is 11.2 Å². The minimum absolute atomic E-state index is 0.648. The number of ether oxygens (including phenoxy) is 1. The van der Waals surface area contributed by atoms with Gasteiger partial charge in [0.2, 0.25) is 5.71 Å². The molecule has 0 aliphatic carbocycles. The summed E-state index contributed by atoms with van der Waals surface area (Å²) in [4.78, 5) is 4.91. The molecule has 156 valence electrons. The highest BCUT2D eigenvalue weighted by Crippen LogP contribution is 2.34. The molecule has 3 aromatic heterocycles. The van der Waals surface area contributed by atoms with Crippen LogP contribution in [0.3, 0.4) is 0 Å². The third-order valence-corrected chi connectivity index (χ3v) is 5.95. The first-order valence-corrected chi connectivity index (χ1v) is 10.7. The zero-order valence-corrected chi connectivity index (χ0v) is 17.5. The number of rotatable bonds is 3. The average Bonchev–Trinajstić information content (AvgIpc) is 3.51. The van der Waals surface area contributed by atoms with E-state index in [-0.39, 0.29) is 0 Å². The number of fused-ring (bicyclic) bond motifs is 6. The van der Waals surface area contributed by atoms with E-state index >= 15 is 0 Å². The van der Waals surface area contributed by atoms with E-state index in [0.717, 1.165) is 55.2 Å². The molecular formula is C28H17N3O2. The molecule has 5 nitrogen and oxygen atoms in total. The molecule has 0 spiro atoms. The van der Waals surface area contributed by atoms with Crippen molar-refractivity contribution >= 4 is 43.7 Å². The number of aromatic nitrogens is 3. The molecule has 0 bridgehead atoms. The Morgan fingerprint density at radius 3 is 2.52 bits per heavy atom. The lowest BCUT2D eigenvalue weighted by molar-refractivity contribution is 0.483. The average molecular weight is 427 g/mol. The van der Waals surface area contributed by atoms with E-state index < -0.39 is 0 Å². The van der Waals surface area contributed by atoms with Gasteiger partial charge < -0.3 is 9.15 Å². The quantitative estimate of drug-likeness (QED) is 0.278. The molecule has 0 radical (unpaired) electrons. The van der Waals surface area contributed by atoms with Crippen molar-refractivity contribution in [2.75, 3.05) is 0 Å². The molecule has 0 fully saturated rings. The molecule has 5 heteroatoms. The highest BCUT2D eigenvalue weighted by atomic mass is 16.5. The van der Waals surface area contributed by atoms with Gasteiger partial charge in [0.25, 0.3) is 0 Å². The summed E-state index contributed by atoms with van der Waals surface area (Å²) in [5, 5.41) is 9.59. The predicted molar refractivity (Wildman–Crippen MR) is 130 cm³/mol. The Morgan fingerprint density at radius 2 is 1.58 bits per heavy atom. The SMILES string of the molecule is c1cc(Oc2ccc3ccc4cc5c(nc4c3c2)oc2ccccc25)cc(-n2cccn2)c1. The molecule has 7 aromatic rings. The zero-order chi connectivity index (χ0) is 21.8. The van der Waals surface area contributed by atoms with E-state index in [2.05, 4.69) is 35.4 Å². The molecule has 7 rings (SSSR count). The maximum absolute atomic E-state index is 6.22.